The Morgan fingerprint density at radius 3 is 2.95 bits per heavy atom. The van der Waals surface area contributed by atoms with Gasteiger partial charge in [0.05, 0.1) is 18.8 Å². The van der Waals surface area contributed by atoms with Crippen LogP contribution in [0.1, 0.15) is 18.5 Å². The molecule has 0 aliphatic carbocycles. The molecule has 1 amide bonds. The van der Waals surface area contributed by atoms with E-state index in [1.807, 2.05) is 18.2 Å². The number of amides is 1. The summed E-state index contributed by atoms with van der Waals surface area (Å²) in [6.07, 6.45) is -0.963. The van der Waals surface area contributed by atoms with E-state index >= 15 is 0 Å². The van der Waals surface area contributed by atoms with Gasteiger partial charge in [0.1, 0.15) is 0 Å². The van der Waals surface area contributed by atoms with Crippen LogP contribution in [-0.4, -0.2) is 47.9 Å². The second-order valence-electron chi connectivity index (χ2n) is 5.81. The molecular weight excluding hydrogens is 256 g/mol. The highest BCUT2D eigenvalue weighted by Crippen LogP contribution is 2.37. The number of hydrogen-bond acceptors (Lipinski definition) is 3. The molecule has 0 aromatic heterocycles. The van der Waals surface area contributed by atoms with Crippen LogP contribution in [0.25, 0.3) is 0 Å². The quantitative estimate of drug-likeness (QED) is 0.882. The van der Waals surface area contributed by atoms with Gasteiger partial charge in [-0.05, 0) is 12.5 Å². The van der Waals surface area contributed by atoms with Crippen LogP contribution in [0.15, 0.2) is 30.3 Å². The molecule has 0 saturated carbocycles. The average Bonchev–Trinajstić information content (AvgIpc) is 2.94. The van der Waals surface area contributed by atoms with Crippen LogP contribution in [0.4, 0.5) is 4.79 Å². The van der Waals surface area contributed by atoms with Crippen molar-refractivity contribution in [2.24, 2.45) is 5.92 Å². The standard InChI is InChI=1S/C15H20N2O3/c1-11(12-5-3-2-4-6-12)17-7-13-8-20-10-15(13,9-17)16-14(18)19/h2-6,11,13,16H,7-10H2,1H3,(H,18,19)/t11-,13?,15+/m1/s1. The maximum atomic E-state index is 11.1. The minimum Gasteiger partial charge on any atom is -0.465 e. The molecule has 3 atom stereocenters. The number of benzene rings is 1. The molecule has 2 aliphatic rings. The van der Waals surface area contributed by atoms with Crippen molar-refractivity contribution in [3.8, 4) is 0 Å². The summed E-state index contributed by atoms with van der Waals surface area (Å²) < 4.78 is 5.50. The Bertz CT molecular complexity index is 493. The molecule has 0 spiro atoms. The lowest BCUT2D eigenvalue weighted by molar-refractivity contribution is 0.124. The Hall–Kier alpha value is -1.59. The van der Waals surface area contributed by atoms with Gasteiger partial charge >= 0.3 is 6.09 Å². The maximum absolute atomic E-state index is 11.1. The fourth-order valence-corrected chi connectivity index (χ4v) is 3.40. The van der Waals surface area contributed by atoms with E-state index < -0.39 is 11.6 Å². The number of carbonyl (C=O) groups is 1. The van der Waals surface area contributed by atoms with E-state index in [-0.39, 0.29) is 12.0 Å². The van der Waals surface area contributed by atoms with E-state index in [0.29, 0.717) is 19.8 Å². The first-order chi connectivity index (χ1) is 9.61. The van der Waals surface area contributed by atoms with E-state index in [0.717, 1.165) is 6.54 Å². The van der Waals surface area contributed by atoms with E-state index in [9.17, 15) is 4.79 Å². The van der Waals surface area contributed by atoms with Gasteiger partial charge in [0.2, 0.25) is 0 Å². The number of rotatable bonds is 3. The lowest BCUT2D eigenvalue weighted by Gasteiger charge is -2.29. The monoisotopic (exact) mass is 276 g/mol. The van der Waals surface area contributed by atoms with E-state index in [4.69, 9.17) is 9.84 Å². The Labute approximate surface area is 118 Å². The summed E-state index contributed by atoms with van der Waals surface area (Å²) in [4.78, 5) is 13.4. The van der Waals surface area contributed by atoms with Crippen LogP contribution in [-0.2, 0) is 4.74 Å². The molecule has 20 heavy (non-hydrogen) atoms. The number of likely N-dealkylation sites (tertiary alicyclic amines) is 1. The summed E-state index contributed by atoms with van der Waals surface area (Å²) in [6.45, 7) is 4.86. The van der Waals surface area contributed by atoms with E-state index in [2.05, 4.69) is 29.3 Å². The highest BCUT2D eigenvalue weighted by molar-refractivity contribution is 5.66. The lowest BCUT2D eigenvalue weighted by Crippen LogP contribution is -2.54. The number of ether oxygens (including phenoxy) is 1. The zero-order chi connectivity index (χ0) is 14.2. The van der Waals surface area contributed by atoms with Crippen molar-refractivity contribution in [1.29, 1.82) is 0 Å². The first-order valence-electron chi connectivity index (χ1n) is 6.98. The smallest absolute Gasteiger partial charge is 0.405 e. The van der Waals surface area contributed by atoms with Gasteiger partial charge in [0.25, 0.3) is 0 Å². The van der Waals surface area contributed by atoms with Gasteiger partial charge in [-0.25, -0.2) is 4.79 Å². The molecular formula is C15H20N2O3. The Balaban J connectivity index is 1.77. The van der Waals surface area contributed by atoms with Crippen molar-refractivity contribution in [3.63, 3.8) is 0 Å². The van der Waals surface area contributed by atoms with Crippen LogP contribution < -0.4 is 5.32 Å². The van der Waals surface area contributed by atoms with Crippen LogP contribution in [0.2, 0.25) is 0 Å². The average molecular weight is 276 g/mol. The van der Waals surface area contributed by atoms with Crippen molar-refractivity contribution in [3.05, 3.63) is 35.9 Å². The number of nitrogens with one attached hydrogen (secondary N) is 1. The van der Waals surface area contributed by atoms with Crippen molar-refractivity contribution in [2.75, 3.05) is 26.3 Å². The zero-order valence-electron chi connectivity index (χ0n) is 11.6. The van der Waals surface area contributed by atoms with Crippen LogP contribution in [0.3, 0.4) is 0 Å². The minimum absolute atomic E-state index is 0.241. The second-order valence-corrected chi connectivity index (χ2v) is 5.81. The number of hydrogen-bond donors (Lipinski definition) is 2. The maximum Gasteiger partial charge on any atom is 0.405 e. The molecule has 5 heteroatoms. The third-order valence-corrected chi connectivity index (χ3v) is 4.59. The molecule has 2 saturated heterocycles. The molecule has 0 bridgehead atoms. The highest BCUT2D eigenvalue weighted by atomic mass is 16.5. The van der Waals surface area contributed by atoms with Gasteiger partial charge in [-0.3, -0.25) is 4.90 Å². The summed E-state index contributed by atoms with van der Waals surface area (Å²) >= 11 is 0. The molecule has 2 fully saturated rings. The normalized spacial score (nSPS) is 30.9. The van der Waals surface area contributed by atoms with Gasteiger partial charge in [-0.2, -0.15) is 0 Å². The number of carboxylic acid groups (broad SMARTS) is 1. The second kappa shape index (κ2) is 5.07. The topological polar surface area (TPSA) is 61.8 Å². The molecule has 3 rings (SSSR count). The van der Waals surface area contributed by atoms with Crippen molar-refractivity contribution < 1.29 is 14.6 Å². The lowest BCUT2D eigenvalue weighted by atomic mass is 9.91. The fraction of sp³-hybridized carbons (Fsp3) is 0.533. The van der Waals surface area contributed by atoms with Crippen molar-refractivity contribution in [1.82, 2.24) is 10.2 Å². The molecule has 108 valence electrons. The van der Waals surface area contributed by atoms with E-state index in [1.54, 1.807) is 0 Å². The number of nitrogens with zero attached hydrogens (tertiary/aromatic N) is 1. The predicted molar refractivity (Wildman–Crippen MR) is 74.6 cm³/mol. The first-order valence-corrected chi connectivity index (χ1v) is 6.98. The molecule has 2 aliphatic heterocycles. The Morgan fingerprint density at radius 1 is 1.50 bits per heavy atom. The van der Waals surface area contributed by atoms with Crippen molar-refractivity contribution >= 4 is 6.09 Å². The minimum atomic E-state index is -0.963. The molecule has 2 N–H and O–H groups in total. The molecule has 1 aromatic rings. The third kappa shape index (κ3) is 2.27. The third-order valence-electron chi connectivity index (χ3n) is 4.59. The zero-order valence-corrected chi connectivity index (χ0v) is 11.6. The highest BCUT2D eigenvalue weighted by Gasteiger charge is 2.52. The van der Waals surface area contributed by atoms with Gasteiger partial charge < -0.3 is 15.2 Å². The molecule has 1 aromatic carbocycles. The molecule has 5 nitrogen and oxygen atoms in total. The van der Waals surface area contributed by atoms with Gasteiger partial charge in [-0.1, -0.05) is 30.3 Å². The summed E-state index contributed by atoms with van der Waals surface area (Å²) in [6, 6.07) is 10.6. The van der Waals surface area contributed by atoms with Crippen molar-refractivity contribution in [2.45, 2.75) is 18.5 Å². The summed E-state index contributed by atoms with van der Waals surface area (Å²) in [5, 5.41) is 11.8. The fourth-order valence-electron chi connectivity index (χ4n) is 3.40. The molecule has 2 heterocycles. The summed E-state index contributed by atoms with van der Waals surface area (Å²) in [7, 11) is 0. The largest absolute Gasteiger partial charge is 0.465 e. The van der Waals surface area contributed by atoms with E-state index in [1.165, 1.54) is 5.56 Å². The van der Waals surface area contributed by atoms with Crippen LogP contribution >= 0.6 is 0 Å². The predicted octanol–water partition coefficient (Wildman–Crippen LogP) is 1.72. The van der Waals surface area contributed by atoms with Crippen LogP contribution in [0.5, 0.6) is 0 Å². The molecule has 0 radical (unpaired) electrons. The molecule has 1 unspecified atom stereocenters. The Morgan fingerprint density at radius 2 is 2.25 bits per heavy atom. The summed E-state index contributed by atoms with van der Waals surface area (Å²) in [5.74, 6) is 0.241. The van der Waals surface area contributed by atoms with Gasteiger partial charge in [-0.15, -0.1) is 0 Å². The first kappa shape index (κ1) is 13.4. The number of fused-ring (bicyclic) bond motifs is 1. The summed E-state index contributed by atoms with van der Waals surface area (Å²) in [5.41, 5.74) is 0.827. The Kier molecular flexibility index (Phi) is 3.40. The van der Waals surface area contributed by atoms with Gasteiger partial charge in [0.15, 0.2) is 0 Å². The van der Waals surface area contributed by atoms with Gasteiger partial charge in [0, 0.05) is 25.0 Å². The SMILES string of the molecule is C[C@H](c1ccccc1)N1CC2COC[C@@]2(NC(=O)O)C1. The van der Waals surface area contributed by atoms with Crippen LogP contribution in [0, 0.1) is 5.92 Å².